The van der Waals surface area contributed by atoms with Crippen LogP contribution in [-0.2, 0) is 4.79 Å². The minimum absolute atomic E-state index is 0.319. The first kappa shape index (κ1) is 12.0. The summed E-state index contributed by atoms with van der Waals surface area (Å²) < 4.78 is 6.42. The van der Waals surface area contributed by atoms with Gasteiger partial charge in [0.25, 0.3) is 5.91 Å². The van der Waals surface area contributed by atoms with Gasteiger partial charge in [-0.05, 0) is 30.7 Å². The highest BCUT2D eigenvalue weighted by molar-refractivity contribution is 9.10. The van der Waals surface area contributed by atoms with Crippen molar-refractivity contribution in [2.75, 3.05) is 0 Å². The molecule has 0 aliphatic heterocycles. The Morgan fingerprint density at radius 1 is 1.53 bits per heavy atom. The first-order valence-corrected chi connectivity index (χ1v) is 5.39. The molecule has 0 aliphatic carbocycles. The lowest BCUT2D eigenvalue weighted by atomic mass is 10.2. The van der Waals surface area contributed by atoms with Gasteiger partial charge in [0.1, 0.15) is 5.75 Å². The maximum Gasteiger partial charge on any atom is 0.274 e. The van der Waals surface area contributed by atoms with Crippen molar-refractivity contribution >= 4 is 21.8 Å². The summed E-state index contributed by atoms with van der Waals surface area (Å²) in [4.78, 5) is 11.2. The van der Waals surface area contributed by atoms with Crippen molar-refractivity contribution in [3.05, 3.63) is 28.7 Å². The molecule has 0 fully saturated rings. The number of hydrogen-bond acceptors (Lipinski definition) is 3. The normalized spacial score (nSPS) is 11.9. The Bertz CT molecular complexity index is 327. The van der Waals surface area contributed by atoms with Crippen LogP contribution in [0, 0.1) is 0 Å². The molecule has 4 nitrogen and oxygen atoms in total. The summed E-state index contributed by atoms with van der Waals surface area (Å²) in [5, 5.41) is 0. The summed E-state index contributed by atoms with van der Waals surface area (Å²) in [6, 6.07) is 7.28. The van der Waals surface area contributed by atoms with Gasteiger partial charge in [-0.25, -0.2) is 5.84 Å². The molecule has 0 radical (unpaired) electrons. The van der Waals surface area contributed by atoms with Crippen molar-refractivity contribution in [1.29, 1.82) is 0 Å². The Morgan fingerprint density at radius 3 is 2.60 bits per heavy atom. The average molecular weight is 273 g/mol. The van der Waals surface area contributed by atoms with Crippen LogP contribution >= 0.6 is 15.9 Å². The molecule has 3 N–H and O–H groups in total. The van der Waals surface area contributed by atoms with Gasteiger partial charge in [-0.3, -0.25) is 10.2 Å². The second-order valence-electron chi connectivity index (χ2n) is 2.98. The van der Waals surface area contributed by atoms with E-state index in [0.717, 1.165) is 4.47 Å². The molecule has 15 heavy (non-hydrogen) atoms. The smallest absolute Gasteiger partial charge is 0.274 e. The van der Waals surface area contributed by atoms with Crippen LogP contribution in [0.5, 0.6) is 5.75 Å². The number of carbonyl (C=O) groups is 1. The molecule has 0 aliphatic rings. The lowest BCUT2D eigenvalue weighted by molar-refractivity contribution is -0.128. The van der Waals surface area contributed by atoms with Crippen molar-refractivity contribution in [3.8, 4) is 5.75 Å². The van der Waals surface area contributed by atoms with Crippen molar-refractivity contribution < 1.29 is 9.53 Å². The number of hydrogen-bond donors (Lipinski definition) is 2. The zero-order valence-electron chi connectivity index (χ0n) is 8.37. The maximum absolute atomic E-state index is 11.2. The zero-order chi connectivity index (χ0) is 11.3. The van der Waals surface area contributed by atoms with Gasteiger partial charge in [0.2, 0.25) is 0 Å². The number of carbonyl (C=O) groups excluding carboxylic acids is 1. The molecule has 1 aromatic rings. The number of nitrogens with two attached hydrogens (primary N) is 1. The van der Waals surface area contributed by atoms with Crippen molar-refractivity contribution in [1.82, 2.24) is 5.43 Å². The van der Waals surface area contributed by atoms with Gasteiger partial charge in [-0.15, -0.1) is 0 Å². The van der Waals surface area contributed by atoms with E-state index in [1.165, 1.54) is 0 Å². The average Bonchev–Trinajstić information content (AvgIpc) is 2.27. The predicted molar refractivity (Wildman–Crippen MR) is 61.2 cm³/mol. The molecular weight excluding hydrogens is 260 g/mol. The molecule has 1 rings (SSSR count). The molecule has 82 valence electrons. The topological polar surface area (TPSA) is 64.3 Å². The highest BCUT2D eigenvalue weighted by Crippen LogP contribution is 2.17. The summed E-state index contributed by atoms with van der Waals surface area (Å²) in [6.45, 7) is 1.86. The van der Waals surface area contributed by atoms with Crippen LogP contribution < -0.4 is 16.0 Å². The van der Waals surface area contributed by atoms with E-state index in [4.69, 9.17) is 10.6 Å². The Morgan fingerprint density at radius 2 is 2.13 bits per heavy atom. The standard InChI is InChI=1S/C10H13BrN2O2/c1-2-9(10(14)13-12)15-8-5-3-7(11)4-6-8/h3-6,9H,2,12H2,1H3,(H,13,14)/t9-/m1/s1. The van der Waals surface area contributed by atoms with Gasteiger partial charge >= 0.3 is 0 Å². The molecule has 0 saturated carbocycles. The predicted octanol–water partition coefficient (Wildman–Crippen LogP) is 1.60. The van der Waals surface area contributed by atoms with Crippen molar-refractivity contribution in [2.45, 2.75) is 19.4 Å². The Hall–Kier alpha value is -1.07. The van der Waals surface area contributed by atoms with Crippen LogP contribution in [0.25, 0.3) is 0 Å². The summed E-state index contributed by atoms with van der Waals surface area (Å²) in [6.07, 6.45) is 0.0233. The Labute approximate surface area is 96.9 Å². The third-order valence-corrected chi connectivity index (χ3v) is 2.43. The first-order chi connectivity index (χ1) is 7.17. The van der Waals surface area contributed by atoms with Crippen LogP contribution in [0.1, 0.15) is 13.3 Å². The fourth-order valence-corrected chi connectivity index (χ4v) is 1.36. The number of ether oxygens (including phenoxy) is 1. The van der Waals surface area contributed by atoms with E-state index in [2.05, 4.69) is 21.4 Å². The van der Waals surface area contributed by atoms with Crippen LogP contribution in [0.3, 0.4) is 0 Å². The Balaban J connectivity index is 2.66. The molecule has 0 unspecified atom stereocenters. The van der Waals surface area contributed by atoms with Gasteiger partial charge in [0.15, 0.2) is 6.10 Å². The Kier molecular flexibility index (Phi) is 4.58. The molecular formula is C10H13BrN2O2. The quantitative estimate of drug-likeness (QED) is 0.497. The number of halogens is 1. The van der Waals surface area contributed by atoms with Crippen LogP contribution in [0.4, 0.5) is 0 Å². The van der Waals surface area contributed by atoms with E-state index < -0.39 is 6.10 Å². The summed E-state index contributed by atoms with van der Waals surface area (Å²) >= 11 is 3.32. The fourth-order valence-electron chi connectivity index (χ4n) is 1.09. The van der Waals surface area contributed by atoms with Crippen LogP contribution in [-0.4, -0.2) is 12.0 Å². The van der Waals surface area contributed by atoms with Gasteiger partial charge in [-0.1, -0.05) is 22.9 Å². The minimum Gasteiger partial charge on any atom is -0.481 e. The third kappa shape index (κ3) is 3.53. The SMILES string of the molecule is CC[C@@H](Oc1ccc(Br)cc1)C(=O)NN. The maximum atomic E-state index is 11.2. The van der Waals surface area contributed by atoms with E-state index in [9.17, 15) is 4.79 Å². The largest absolute Gasteiger partial charge is 0.481 e. The summed E-state index contributed by atoms with van der Waals surface area (Å²) in [7, 11) is 0. The van der Waals surface area contributed by atoms with Crippen LogP contribution in [0.15, 0.2) is 28.7 Å². The monoisotopic (exact) mass is 272 g/mol. The zero-order valence-corrected chi connectivity index (χ0v) is 9.95. The number of amides is 1. The van der Waals surface area contributed by atoms with Gasteiger partial charge in [-0.2, -0.15) is 0 Å². The number of benzene rings is 1. The van der Waals surface area contributed by atoms with Gasteiger partial charge in [0.05, 0.1) is 0 Å². The minimum atomic E-state index is -0.545. The van der Waals surface area contributed by atoms with E-state index in [1.807, 2.05) is 19.1 Å². The third-order valence-electron chi connectivity index (χ3n) is 1.90. The molecule has 0 bridgehead atoms. The second-order valence-corrected chi connectivity index (χ2v) is 3.89. The lowest BCUT2D eigenvalue weighted by Crippen LogP contribution is -2.41. The lowest BCUT2D eigenvalue weighted by Gasteiger charge is -2.15. The molecule has 0 spiro atoms. The van der Waals surface area contributed by atoms with Gasteiger partial charge in [0, 0.05) is 4.47 Å². The number of nitrogens with one attached hydrogen (secondary N) is 1. The van der Waals surface area contributed by atoms with E-state index in [0.29, 0.717) is 12.2 Å². The summed E-state index contributed by atoms with van der Waals surface area (Å²) in [5.74, 6) is 5.37. The van der Waals surface area contributed by atoms with Gasteiger partial charge < -0.3 is 4.74 Å². The van der Waals surface area contributed by atoms with Crippen molar-refractivity contribution in [3.63, 3.8) is 0 Å². The number of rotatable bonds is 4. The molecule has 0 heterocycles. The van der Waals surface area contributed by atoms with Crippen LogP contribution in [0.2, 0.25) is 0 Å². The number of hydrazine groups is 1. The second kappa shape index (κ2) is 5.72. The molecule has 0 saturated heterocycles. The molecule has 1 amide bonds. The molecule has 1 aromatic carbocycles. The highest BCUT2D eigenvalue weighted by atomic mass is 79.9. The first-order valence-electron chi connectivity index (χ1n) is 4.60. The fraction of sp³-hybridized carbons (Fsp3) is 0.300. The molecule has 0 aromatic heterocycles. The molecule has 5 heteroatoms. The summed E-state index contributed by atoms with van der Waals surface area (Å²) in [5.41, 5.74) is 2.07. The van der Waals surface area contributed by atoms with E-state index >= 15 is 0 Å². The van der Waals surface area contributed by atoms with E-state index in [-0.39, 0.29) is 5.91 Å². The molecule has 1 atom stereocenters. The highest BCUT2D eigenvalue weighted by Gasteiger charge is 2.16. The van der Waals surface area contributed by atoms with E-state index in [1.54, 1.807) is 12.1 Å². The van der Waals surface area contributed by atoms with Crippen molar-refractivity contribution in [2.24, 2.45) is 5.84 Å².